The highest BCUT2D eigenvalue weighted by molar-refractivity contribution is 7.16. The molecule has 4 rings (SSSR count). The first-order valence-corrected chi connectivity index (χ1v) is 9.27. The van der Waals surface area contributed by atoms with Crippen LogP contribution in [0, 0.1) is 11.3 Å². The SMILES string of the molecule is Cn1cc(C(=O)Nc2sc3c(c2C#N)CCN(Cc2cnccn2)C3)cn1. The van der Waals surface area contributed by atoms with E-state index in [-0.39, 0.29) is 5.91 Å². The Bertz CT molecular complexity index is 1020. The molecule has 0 spiro atoms. The molecular formula is C18H17N7OS. The molecule has 0 radical (unpaired) electrons. The summed E-state index contributed by atoms with van der Waals surface area (Å²) >= 11 is 1.47. The van der Waals surface area contributed by atoms with E-state index in [1.54, 1.807) is 36.5 Å². The third-order valence-corrected chi connectivity index (χ3v) is 5.58. The molecule has 3 aromatic heterocycles. The maximum atomic E-state index is 12.4. The van der Waals surface area contributed by atoms with E-state index in [4.69, 9.17) is 0 Å². The van der Waals surface area contributed by atoms with Gasteiger partial charge < -0.3 is 5.32 Å². The molecule has 0 aliphatic carbocycles. The summed E-state index contributed by atoms with van der Waals surface area (Å²) in [6.45, 7) is 2.28. The van der Waals surface area contributed by atoms with Gasteiger partial charge in [-0.1, -0.05) is 0 Å². The number of fused-ring (bicyclic) bond motifs is 1. The molecule has 1 aliphatic heterocycles. The quantitative estimate of drug-likeness (QED) is 0.744. The maximum Gasteiger partial charge on any atom is 0.259 e. The van der Waals surface area contributed by atoms with Gasteiger partial charge in [-0.3, -0.25) is 24.3 Å². The van der Waals surface area contributed by atoms with E-state index < -0.39 is 0 Å². The Morgan fingerprint density at radius 1 is 1.41 bits per heavy atom. The zero-order chi connectivity index (χ0) is 18.8. The lowest BCUT2D eigenvalue weighted by Gasteiger charge is -2.26. The zero-order valence-corrected chi connectivity index (χ0v) is 15.5. The van der Waals surface area contributed by atoms with Crippen LogP contribution in [0.5, 0.6) is 0 Å². The van der Waals surface area contributed by atoms with Crippen LogP contribution in [0.4, 0.5) is 5.00 Å². The number of aryl methyl sites for hydroxylation is 1. The third-order valence-electron chi connectivity index (χ3n) is 4.44. The Balaban J connectivity index is 1.53. The van der Waals surface area contributed by atoms with Gasteiger partial charge in [0.1, 0.15) is 11.1 Å². The van der Waals surface area contributed by atoms with E-state index >= 15 is 0 Å². The molecule has 0 saturated carbocycles. The number of hydrogen-bond donors (Lipinski definition) is 1. The Morgan fingerprint density at radius 3 is 3.00 bits per heavy atom. The summed E-state index contributed by atoms with van der Waals surface area (Å²) < 4.78 is 1.57. The molecule has 0 fully saturated rings. The van der Waals surface area contributed by atoms with E-state index in [1.165, 1.54) is 17.5 Å². The monoisotopic (exact) mass is 379 g/mol. The predicted octanol–water partition coefficient (Wildman–Crippen LogP) is 1.95. The molecule has 136 valence electrons. The van der Waals surface area contributed by atoms with Crippen molar-refractivity contribution in [3.05, 3.63) is 58.2 Å². The van der Waals surface area contributed by atoms with Crippen molar-refractivity contribution in [2.45, 2.75) is 19.5 Å². The fourth-order valence-corrected chi connectivity index (χ4v) is 4.39. The van der Waals surface area contributed by atoms with Gasteiger partial charge in [0.2, 0.25) is 0 Å². The number of thiophene rings is 1. The molecule has 1 amide bonds. The average Bonchev–Trinajstić information content (AvgIpc) is 3.25. The molecule has 8 nitrogen and oxygen atoms in total. The molecule has 1 N–H and O–H groups in total. The molecule has 3 aromatic rings. The first-order chi connectivity index (χ1) is 13.1. The predicted molar refractivity (Wildman–Crippen MR) is 100 cm³/mol. The fraction of sp³-hybridized carbons (Fsp3) is 0.278. The second kappa shape index (κ2) is 7.26. The van der Waals surface area contributed by atoms with Gasteiger partial charge in [0, 0.05) is 56.3 Å². The van der Waals surface area contributed by atoms with Crippen LogP contribution < -0.4 is 5.32 Å². The van der Waals surface area contributed by atoms with Crippen LogP contribution in [0.3, 0.4) is 0 Å². The first kappa shape index (κ1) is 17.3. The van der Waals surface area contributed by atoms with Gasteiger partial charge in [-0.25, -0.2) is 0 Å². The van der Waals surface area contributed by atoms with E-state index in [0.717, 1.165) is 35.6 Å². The van der Waals surface area contributed by atoms with Gasteiger partial charge in [0.05, 0.1) is 23.0 Å². The molecule has 9 heteroatoms. The van der Waals surface area contributed by atoms with Crippen LogP contribution in [-0.2, 0) is 26.6 Å². The van der Waals surface area contributed by atoms with Crippen molar-refractivity contribution >= 4 is 22.2 Å². The number of hydrogen-bond acceptors (Lipinski definition) is 7. The lowest BCUT2D eigenvalue weighted by atomic mass is 10.0. The number of aromatic nitrogens is 4. The lowest BCUT2D eigenvalue weighted by Crippen LogP contribution is -2.29. The number of amides is 1. The molecule has 0 atom stereocenters. The molecule has 0 aromatic carbocycles. The van der Waals surface area contributed by atoms with E-state index in [0.29, 0.717) is 22.7 Å². The molecule has 0 saturated heterocycles. The van der Waals surface area contributed by atoms with E-state index in [9.17, 15) is 10.1 Å². The minimum atomic E-state index is -0.255. The Hall–Kier alpha value is -3.09. The second-order valence-electron chi connectivity index (χ2n) is 6.33. The van der Waals surface area contributed by atoms with Crippen molar-refractivity contribution in [3.63, 3.8) is 0 Å². The molecule has 4 heterocycles. The summed E-state index contributed by atoms with van der Waals surface area (Å²) in [7, 11) is 1.76. The first-order valence-electron chi connectivity index (χ1n) is 8.46. The van der Waals surface area contributed by atoms with E-state index in [2.05, 4.69) is 31.4 Å². The summed E-state index contributed by atoms with van der Waals surface area (Å²) in [5.41, 5.74) is 3.01. The molecule has 27 heavy (non-hydrogen) atoms. The number of nitriles is 1. The molecular weight excluding hydrogens is 362 g/mol. The van der Waals surface area contributed by atoms with Crippen molar-refractivity contribution < 1.29 is 4.79 Å². The average molecular weight is 379 g/mol. The van der Waals surface area contributed by atoms with Crippen LogP contribution in [-0.4, -0.2) is 37.1 Å². The highest BCUT2D eigenvalue weighted by Crippen LogP contribution is 2.37. The summed E-state index contributed by atoms with van der Waals surface area (Å²) in [4.78, 5) is 24.2. The van der Waals surface area contributed by atoms with Gasteiger partial charge in [-0.05, 0) is 12.0 Å². The zero-order valence-electron chi connectivity index (χ0n) is 14.7. The van der Waals surface area contributed by atoms with Crippen molar-refractivity contribution in [2.24, 2.45) is 7.05 Å². The van der Waals surface area contributed by atoms with Gasteiger partial charge in [0.25, 0.3) is 5.91 Å². The van der Waals surface area contributed by atoms with Crippen LogP contribution in [0.25, 0.3) is 0 Å². The fourth-order valence-electron chi connectivity index (χ4n) is 3.15. The highest BCUT2D eigenvalue weighted by Gasteiger charge is 2.25. The minimum absolute atomic E-state index is 0.255. The highest BCUT2D eigenvalue weighted by atomic mass is 32.1. The second-order valence-corrected chi connectivity index (χ2v) is 7.44. The Labute approximate surface area is 160 Å². The lowest BCUT2D eigenvalue weighted by molar-refractivity contribution is 0.102. The van der Waals surface area contributed by atoms with Gasteiger partial charge in [-0.2, -0.15) is 10.4 Å². The number of rotatable bonds is 4. The normalized spacial score (nSPS) is 13.8. The summed E-state index contributed by atoms with van der Waals surface area (Å²) in [5, 5.41) is 17.1. The summed E-state index contributed by atoms with van der Waals surface area (Å²) in [6.07, 6.45) is 9.06. The van der Waals surface area contributed by atoms with Crippen molar-refractivity contribution in [1.29, 1.82) is 5.26 Å². The molecule has 0 bridgehead atoms. The topological polar surface area (TPSA) is 99.7 Å². The largest absolute Gasteiger partial charge is 0.312 e. The van der Waals surface area contributed by atoms with Crippen LogP contribution in [0.1, 0.15) is 32.1 Å². The Morgan fingerprint density at radius 2 is 2.30 bits per heavy atom. The van der Waals surface area contributed by atoms with Crippen molar-refractivity contribution in [1.82, 2.24) is 24.6 Å². The van der Waals surface area contributed by atoms with Crippen molar-refractivity contribution in [3.8, 4) is 6.07 Å². The Kier molecular flexibility index (Phi) is 4.66. The number of carbonyl (C=O) groups excluding carboxylic acids is 1. The number of nitrogens with one attached hydrogen (secondary N) is 1. The third kappa shape index (κ3) is 3.58. The number of nitrogens with zero attached hydrogens (tertiary/aromatic N) is 6. The summed E-state index contributed by atoms with van der Waals surface area (Å²) in [6, 6.07) is 2.26. The minimum Gasteiger partial charge on any atom is -0.312 e. The number of carbonyl (C=O) groups is 1. The smallest absolute Gasteiger partial charge is 0.259 e. The molecule has 0 unspecified atom stereocenters. The van der Waals surface area contributed by atoms with E-state index in [1.807, 2.05) is 0 Å². The standard InChI is InChI=1S/C18H17N7OS/c1-24-9-12(7-22-24)17(26)23-18-15(6-19)14-2-5-25(11-16(14)27-18)10-13-8-20-3-4-21-13/h3-4,7-9H,2,5,10-11H2,1H3,(H,23,26). The van der Waals surface area contributed by atoms with Gasteiger partial charge in [0.15, 0.2) is 0 Å². The molecule has 1 aliphatic rings. The summed E-state index contributed by atoms with van der Waals surface area (Å²) in [5.74, 6) is -0.255. The van der Waals surface area contributed by atoms with Crippen molar-refractivity contribution in [2.75, 3.05) is 11.9 Å². The number of anilines is 1. The van der Waals surface area contributed by atoms with Crippen LogP contribution in [0.2, 0.25) is 0 Å². The van der Waals surface area contributed by atoms with Crippen LogP contribution in [0.15, 0.2) is 31.0 Å². The maximum absolute atomic E-state index is 12.4. The van der Waals surface area contributed by atoms with Crippen LogP contribution >= 0.6 is 11.3 Å². The van der Waals surface area contributed by atoms with Gasteiger partial charge in [-0.15, -0.1) is 11.3 Å². The van der Waals surface area contributed by atoms with Gasteiger partial charge >= 0.3 is 0 Å².